The number of nitrogens with zero attached hydrogens (tertiary/aromatic N) is 2. The standard InChI is InChI=1S/C14H13F2N3OS2/c1-3-6-17-13-18-19-14(22-13)21-8(2)12(20)9-4-5-10(15)11(16)7-9/h3-5,7-8H,1,6H2,2H3,(H,17,18)/t8-/m1/s1. The van der Waals surface area contributed by atoms with Crippen molar-refractivity contribution >= 4 is 34.0 Å². The van der Waals surface area contributed by atoms with Crippen LogP contribution >= 0.6 is 23.1 Å². The van der Waals surface area contributed by atoms with Gasteiger partial charge in [-0.15, -0.1) is 16.8 Å². The van der Waals surface area contributed by atoms with Gasteiger partial charge in [0.25, 0.3) is 0 Å². The molecule has 1 atom stereocenters. The van der Waals surface area contributed by atoms with Gasteiger partial charge in [-0.05, 0) is 25.1 Å². The van der Waals surface area contributed by atoms with Crippen molar-refractivity contribution in [1.82, 2.24) is 10.2 Å². The summed E-state index contributed by atoms with van der Waals surface area (Å²) in [7, 11) is 0. The van der Waals surface area contributed by atoms with Crippen LogP contribution in [-0.2, 0) is 0 Å². The Kier molecular flexibility index (Phi) is 5.62. The number of Topliss-reactive ketones (excluding diaryl/α,β-unsaturated/α-hetero) is 1. The summed E-state index contributed by atoms with van der Waals surface area (Å²) in [6, 6.07) is 3.13. The molecule has 0 unspecified atom stereocenters. The molecule has 116 valence electrons. The van der Waals surface area contributed by atoms with Crippen LogP contribution in [0.5, 0.6) is 0 Å². The molecule has 22 heavy (non-hydrogen) atoms. The molecule has 8 heteroatoms. The molecule has 0 saturated carbocycles. The van der Waals surface area contributed by atoms with E-state index in [0.717, 1.165) is 12.1 Å². The number of aromatic nitrogens is 2. The van der Waals surface area contributed by atoms with Crippen molar-refractivity contribution in [3.8, 4) is 0 Å². The molecule has 1 aromatic heterocycles. The highest BCUT2D eigenvalue weighted by molar-refractivity contribution is 8.02. The Labute approximate surface area is 134 Å². The number of rotatable bonds is 7. The maximum atomic E-state index is 13.2. The zero-order valence-corrected chi connectivity index (χ0v) is 13.3. The third kappa shape index (κ3) is 4.11. The third-order valence-electron chi connectivity index (χ3n) is 2.66. The number of hydrogen-bond acceptors (Lipinski definition) is 6. The van der Waals surface area contributed by atoms with Crippen LogP contribution in [0, 0.1) is 11.6 Å². The molecular formula is C14H13F2N3OS2. The molecule has 0 spiro atoms. The first-order valence-corrected chi connectivity index (χ1v) is 8.05. The smallest absolute Gasteiger partial charge is 0.206 e. The number of carbonyl (C=O) groups excluding carboxylic acids is 1. The van der Waals surface area contributed by atoms with Gasteiger partial charge in [0.15, 0.2) is 21.8 Å². The van der Waals surface area contributed by atoms with E-state index in [2.05, 4.69) is 22.1 Å². The first-order chi connectivity index (χ1) is 10.5. The van der Waals surface area contributed by atoms with E-state index in [4.69, 9.17) is 0 Å². The molecule has 1 N–H and O–H groups in total. The average molecular weight is 341 g/mol. The SMILES string of the molecule is C=CCNc1nnc(S[C@H](C)C(=O)c2ccc(F)c(F)c2)s1. The van der Waals surface area contributed by atoms with Crippen molar-refractivity contribution in [3.63, 3.8) is 0 Å². The summed E-state index contributed by atoms with van der Waals surface area (Å²) < 4.78 is 26.7. The van der Waals surface area contributed by atoms with E-state index >= 15 is 0 Å². The topological polar surface area (TPSA) is 54.9 Å². The lowest BCUT2D eigenvalue weighted by Gasteiger charge is -2.08. The fourth-order valence-electron chi connectivity index (χ4n) is 1.58. The fourth-order valence-corrected chi connectivity index (χ4v) is 3.56. The van der Waals surface area contributed by atoms with Gasteiger partial charge in [0.2, 0.25) is 5.13 Å². The maximum absolute atomic E-state index is 13.2. The summed E-state index contributed by atoms with van der Waals surface area (Å²) in [6.45, 7) is 5.85. The highest BCUT2D eigenvalue weighted by atomic mass is 32.2. The van der Waals surface area contributed by atoms with Crippen molar-refractivity contribution in [1.29, 1.82) is 0 Å². The molecule has 1 aromatic carbocycles. The fraction of sp³-hybridized carbons (Fsp3) is 0.214. The molecule has 0 saturated heterocycles. The molecule has 1 heterocycles. The average Bonchev–Trinajstić information content (AvgIpc) is 2.94. The number of ketones is 1. The second kappa shape index (κ2) is 7.46. The van der Waals surface area contributed by atoms with Gasteiger partial charge in [0.1, 0.15) is 0 Å². The number of carbonyl (C=O) groups is 1. The zero-order valence-electron chi connectivity index (χ0n) is 11.7. The summed E-state index contributed by atoms with van der Waals surface area (Å²) in [6.07, 6.45) is 1.70. The molecule has 2 aromatic rings. The van der Waals surface area contributed by atoms with Crippen LogP contribution in [-0.4, -0.2) is 27.8 Å². The second-order valence-electron chi connectivity index (χ2n) is 4.30. The van der Waals surface area contributed by atoms with Gasteiger partial charge in [-0.2, -0.15) is 0 Å². The van der Waals surface area contributed by atoms with Crippen LogP contribution in [0.4, 0.5) is 13.9 Å². The monoisotopic (exact) mass is 341 g/mol. The second-order valence-corrected chi connectivity index (χ2v) is 6.86. The van der Waals surface area contributed by atoms with Gasteiger partial charge >= 0.3 is 0 Å². The van der Waals surface area contributed by atoms with Gasteiger partial charge in [0, 0.05) is 12.1 Å². The number of nitrogens with one attached hydrogen (secondary N) is 1. The summed E-state index contributed by atoms with van der Waals surface area (Å²) in [5, 5.41) is 11.1. The molecule has 0 bridgehead atoms. The van der Waals surface area contributed by atoms with Crippen molar-refractivity contribution in [2.45, 2.75) is 16.5 Å². The van der Waals surface area contributed by atoms with Crippen LogP contribution in [0.15, 0.2) is 35.2 Å². The van der Waals surface area contributed by atoms with Gasteiger partial charge < -0.3 is 5.32 Å². The largest absolute Gasteiger partial charge is 0.357 e. The molecule has 0 radical (unpaired) electrons. The first kappa shape index (κ1) is 16.6. The Bertz CT molecular complexity index is 690. The molecular weight excluding hydrogens is 328 g/mol. The first-order valence-electron chi connectivity index (χ1n) is 6.35. The van der Waals surface area contributed by atoms with E-state index < -0.39 is 16.9 Å². The molecule has 4 nitrogen and oxygen atoms in total. The van der Waals surface area contributed by atoms with Crippen molar-refractivity contribution in [3.05, 3.63) is 48.1 Å². The Hall–Kier alpha value is -1.80. The van der Waals surface area contributed by atoms with E-state index in [1.54, 1.807) is 13.0 Å². The van der Waals surface area contributed by atoms with Crippen LogP contribution in [0.1, 0.15) is 17.3 Å². The van der Waals surface area contributed by atoms with E-state index in [1.807, 2.05) is 0 Å². The van der Waals surface area contributed by atoms with E-state index in [-0.39, 0.29) is 11.3 Å². The highest BCUT2D eigenvalue weighted by Gasteiger charge is 2.20. The molecule has 0 aliphatic rings. The molecule has 0 aliphatic carbocycles. The lowest BCUT2D eigenvalue weighted by Crippen LogP contribution is -2.13. The molecule has 2 rings (SSSR count). The van der Waals surface area contributed by atoms with E-state index in [0.29, 0.717) is 16.0 Å². The third-order valence-corrected chi connectivity index (χ3v) is 4.72. The quantitative estimate of drug-likeness (QED) is 0.472. The number of hydrogen-bond donors (Lipinski definition) is 1. The number of halogens is 2. The van der Waals surface area contributed by atoms with Gasteiger partial charge in [-0.3, -0.25) is 4.79 Å². The predicted octanol–water partition coefficient (Wildman–Crippen LogP) is 3.78. The molecule has 0 amide bonds. The van der Waals surface area contributed by atoms with Crippen molar-refractivity contribution in [2.75, 3.05) is 11.9 Å². The van der Waals surface area contributed by atoms with E-state index in [9.17, 15) is 13.6 Å². The highest BCUT2D eigenvalue weighted by Crippen LogP contribution is 2.30. The lowest BCUT2D eigenvalue weighted by atomic mass is 10.1. The number of thioether (sulfide) groups is 1. The van der Waals surface area contributed by atoms with E-state index in [1.165, 1.54) is 29.2 Å². The number of anilines is 1. The molecule has 0 fully saturated rings. The van der Waals surface area contributed by atoms with Crippen molar-refractivity contribution < 1.29 is 13.6 Å². The maximum Gasteiger partial charge on any atom is 0.206 e. The normalized spacial score (nSPS) is 12.0. The van der Waals surface area contributed by atoms with Crippen molar-refractivity contribution in [2.24, 2.45) is 0 Å². The van der Waals surface area contributed by atoms with Crippen LogP contribution in [0.3, 0.4) is 0 Å². The van der Waals surface area contributed by atoms with Gasteiger partial charge in [-0.25, -0.2) is 8.78 Å². The number of benzene rings is 1. The van der Waals surface area contributed by atoms with Gasteiger partial charge in [-0.1, -0.05) is 29.2 Å². The van der Waals surface area contributed by atoms with Crippen LogP contribution in [0.25, 0.3) is 0 Å². The lowest BCUT2D eigenvalue weighted by molar-refractivity contribution is 0.0993. The molecule has 0 aliphatic heterocycles. The minimum absolute atomic E-state index is 0.133. The Morgan fingerprint density at radius 2 is 2.23 bits per heavy atom. The minimum Gasteiger partial charge on any atom is -0.357 e. The summed E-state index contributed by atoms with van der Waals surface area (Å²) in [5.41, 5.74) is 0.133. The zero-order chi connectivity index (χ0) is 16.1. The summed E-state index contributed by atoms with van der Waals surface area (Å²) in [5.74, 6) is -2.30. The predicted molar refractivity (Wildman–Crippen MR) is 84.6 cm³/mol. The summed E-state index contributed by atoms with van der Waals surface area (Å²) in [4.78, 5) is 12.2. The Balaban J connectivity index is 2.02. The van der Waals surface area contributed by atoms with Crippen LogP contribution < -0.4 is 5.32 Å². The van der Waals surface area contributed by atoms with Gasteiger partial charge in [0.05, 0.1) is 5.25 Å². The Morgan fingerprint density at radius 3 is 2.91 bits per heavy atom. The van der Waals surface area contributed by atoms with Crippen LogP contribution in [0.2, 0.25) is 0 Å². The summed E-state index contributed by atoms with van der Waals surface area (Å²) >= 11 is 2.54. The minimum atomic E-state index is -1.03. The Morgan fingerprint density at radius 1 is 1.45 bits per heavy atom.